The molecule has 33 heavy (non-hydrogen) atoms. The molecule has 0 spiro atoms. The van der Waals surface area contributed by atoms with Crippen LogP contribution in [0.4, 0.5) is 11.4 Å². The number of rotatable bonds is 9. The second-order valence-electron chi connectivity index (χ2n) is 7.09. The summed E-state index contributed by atoms with van der Waals surface area (Å²) in [5.74, 6) is -0.972. The Morgan fingerprint density at radius 2 is 1.76 bits per heavy atom. The number of aryl methyl sites for hydroxylation is 1. The minimum absolute atomic E-state index is 0.123. The van der Waals surface area contributed by atoms with Gasteiger partial charge in [0.1, 0.15) is 13.0 Å². The van der Waals surface area contributed by atoms with Crippen molar-refractivity contribution >= 4 is 29.4 Å². The van der Waals surface area contributed by atoms with Gasteiger partial charge in [0.05, 0.1) is 11.1 Å². The van der Waals surface area contributed by atoms with Crippen molar-refractivity contribution in [1.29, 1.82) is 0 Å². The van der Waals surface area contributed by atoms with E-state index in [9.17, 15) is 19.7 Å². The number of para-hydroxylation sites is 1. The van der Waals surface area contributed by atoms with Crippen LogP contribution in [0.5, 0.6) is 5.75 Å². The van der Waals surface area contributed by atoms with E-state index in [0.29, 0.717) is 11.3 Å². The maximum absolute atomic E-state index is 12.0. The van der Waals surface area contributed by atoms with Crippen LogP contribution in [0.25, 0.3) is 0 Å². The number of carbonyl (C=O) groups excluding carboxylic acids is 2. The van der Waals surface area contributed by atoms with Crippen molar-refractivity contribution < 1.29 is 19.2 Å². The maximum Gasteiger partial charge on any atom is 0.311 e. The number of benzene rings is 3. The third kappa shape index (κ3) is 7.00. The largest absolute Gasteiger partial charge is 0.482 e. The number of hydrazone groups is 1. The molecule has 0 aliphatic rings. The fourth-order valence-corrected chi connectivity index (χ4v) is 2.89. The molecule has 3 aromatic rings. The number of carbonyl (C=O) groups is 2. The molecule has 0 saturated heterocycles. The average Bonchev–Trinajstić information content (AvgIpc) is 2.80. The van der Waals surface area contributed by atoms with Crippen molar-refractivity contribution in [3.05, 3.63) is 99.6 Å². The summed E-state index contributed by atoms with van der Waals surface area (Å²) in [6, 6.07) is 20.8. The van der Waals surface area contributed by atoms with Gasteiger partial charge in [0.15, 0.2) is 5.75 Å². The van der Waals surface area contributed by atoms with Gasteiger partial charge in [0.25, 0.3) is 0 Å². The Balaban J connectivity index is 1.56. The fourth-order valence-electron chi connectivity index (χ4n) is 2.89. The first-order valence-corrected chi connectivity index (χ1v) is 10.0. The van der Waals surface area contributed by atoms with E-state index in [1.165, 1.54) is 18.3 Å². The van der Waals surface area contributed by atoms with Gasteiger partial charge in [0.2, 0.25) is 11.8 Å². The molecular formula is C24H22N4O5. The first kappa shape index (κ1) is 23.1. The molecule has 0 saturated carbocycles. The molecule has 0 aromatic heterocycles. The van der Waals surface area contributed by atoms with E-state index in [-0.39, 0.29) is 18.0 Å². The van der Waals surface area contributed by atoms with Crippen LogP contribution >= 0.6 is 0 Å². The molecule has 0 aliphatic carbocycles. The van der Waals surface area contributed by atoms with Crippen molar-refractivity contribution in [3.8, 4) is 5.75 Å². The summed E-state index contributed by atoms with van der Waals surface area (Å²) >= 11 is 0. The summed E-state index contributed by atoms with van der Waals surface area (Å²) in [6.07, 6.45) is 0.837. The molecule has 0 radical (unpaired) electrons. The minimum atomic E-state index is -0.616. The highest BCUT2D eigenvalue weighted by Gasteiger charge is 2.16. The number of anilines is 1. The molecule has 2 N–H and O–H groups in total. The molecule has 0 bridgehead atoms. The highest BCUT2D eigenvalue weighted by molar-refractivity contribution is 6.04. The van der Waals surface area contributed by atoms with Crippen LogP contribution in [0.3, 0.4) is 0 Å². The van der Waals surface area contributed by atoms with Crippen molar-refractivity contribution in [2.24, 2.45) is 5.10 Å². The monoisotopic (exact) mass is 446 g/mol. The van der Waals surface area contributed by atoms with E-state index >= 15 is 0 Å². The number of nitro groups is 1. The number of nitrogens with one attached hydrogen (secondary N) is 2. The quantitative estimate of drug-likeness (QED) is 0.223. The standard InChI is InChI=1S/C24H22N4O5/c1-17-7-5-6-10-20(17)26-23(29)14-24(30)27-25-15-19-11-12-22(21(13-19)28(31)32)33-16-18-8-3-2-4-9-18/h2-13,15H,14,16H2,1H3,(H,26,29)(H,27,30). The fraction of sp³-hybridized carbons (Fsp3) is 0.125. The van der Waals surface area contributed by atoms with Gasteiger partial charge in [0, 0.05) is 17.3 Å². The molecule has 168 valence electrons. The maximum atomic E-state index is 12.0. The van der Waals surface area contributed by atoms with Gasteiger partial charge in [-0.05, 0) is 36.2 Å². The topological polar surface area (TPSA) is 123 Å². The van der Waals surface area contributed by atoms with E-state index in [2.05, 4.69) is 15.8 Å². The summed E-state index contributed by atoms with van der Waals surface area (Å²) in [4.78, 5) is 34.9. The molecule has 0 aliphatic heterocycles. The highest BCUT2D eigenvalue weighted by atomic mass is 16.6. The van der Waals surface area contributed by atoms with E-state index in [1.807, 2.05) is 49.4 Å². The van der Waals surface area contributed by atoms with Crippen LogP contribution in [0, 0.1) is 17.0 Å². The van der Waals surface area contributed by atoms with Gasteiger partial charge in [-0.1, -0.05) is 48.5 Å². The molecule has 9 nitrogen and oxygen atoms in total. The van der Waals surface area contributed by atoms with Crippen molar-refractivity contribution in [2.45, 2.75) is 20.0 Å². The Hall–Kier alpha value is -4.53. The molecule has 2 amide bonds. The van der Waals surface area contributed by atoms with E-state index in [0.717, 1.165) is 11.1 Å². The minimum Gasteiger partial charge on any atom is -0.482 e. The summed E-state index contributed by atoms with van der Waals surface area (Å²) in [5.41, 5.74) is 4.79. The third-order valence-corrected chi connectivity index (χ3v) is 4.56. The number of nitrogens with zero attached hydrogens (tertiary/aromatic N) is 2. The Bertz CT molecular complexity index is 1180. The molecule has 9 heteroatoms. The summed E-state index contributed by atoms with van der Waals surface area (Å²) in [6.45, 7) is 2.03. The molecule has 0 atom stereocenters. The number of ether oxygens (including phenoxy) is 1. The molecule has 0 fully saturated rings. The van der Waals surface area contributed by atoms with Gasteiger partial charge in [-0.15, -0.1) is 0 Å². The van der Waals surface area contributed by atoms with Gasteiger partial charge in [-0.25, -0.2) is 5.43 Å². The van der Waals surface area contributed by atoms with Gasteiger partial charge < -0.3 is 10.1 Å². The first-order valence-electron chi connectivity index (χ1n) is 10.0. The van der Waals surface area contributed by atoms with Crippen LogP contribution in [0.1, 0.15) is 23.1 Å². The lowest BCUT2D eigenvalue weighted by Gasteiger charge is -2.08. The predicted molar refractivity (Wildman–Crippen MR) is 124 cm³/mol. The summed E-state index contributed by atoms with van der Waals surface area (Å²) in [5, 5.41) is 17.9. The number of hydrogen-bond acceptors (Lipinski definition) is 6. The predicted octanol–water partition coefficient (Wildman–Crippen LogP) is 3.96. The summed E-state index contributed by atoms with van der Waals surface area (Å²) < 4.78 is 5.58. The van der Waals surface area contributed by atoms with Gasteiger partial charge >= 0.3 is 5.69 Å². The van der Waals surface area contributed by atoms with Crippen molar-refractivity contribution in [3.63, 3.8) is 0 Å². The second kappa shape index (κ2) is 11.2. The lowest BCUT2D eigenvalue weighted by atomic mass is 10.2. The van der Waals surface area contributed by atoms with E-state index < -0.39 is 23.2 Å². The van der Waals surface area contributed by atoms with Crippen LogP contribution in [0.15, 0.2) is 77.9 Å². The second-order valence-corrected chi connectivity index (χ2v) is 7.09. The Morgan fingerprint density at radius 1 is 1.03 bits per heavy atom. The molecular weight excluding hydrogens is 424 g/mol. The smallest absolute Gasteiger partial charge is 0.311 e. The number of nitro benzene ring substituents is 1. The van der Waals surface area contributed by atoms with Gasteiger partial charge in [-0.2, -0.15) is 5.10 Å². The van der Waals surface area contributed by atoms with Crippen LogP contribution < -0.4 is 15.5 Å². The zero-order valence-electron chi connectivity index (χ0n) is 17.9. The third-order valence-electron chi connectivity index (χ3n) is 4.56. The lowest BCUT2D eigenvalue weighted by molar-refractivity contribution is -0.385. The summed E-state index contributed by atoms with van der Waals surface area (Å²) in [7, 11) is 0. The molecule has 3 aromatic carbocycles. The lowest BCUT2D eigenvalue weighted by Crippen LogP contribution is -2.24. The molecule has 3 rings (SSSR count). The average molecular weight is 446 g/mol. The number of hydrogen-bond donors (Lipinski definition) is 2. The van der Waals surface area contributed by atoms with Gasteiger partial charge in [-0.3, -0.25) is 19.7 Å². The van der Waals surface area contributed by atoms with E-state index in [1.54, 1.807) is 18.2 Å². The van der Waals surface area contributed by atoms with Crippen LogP contribution in [0.2, 0.25) is 0 Å². The first-order chi connectivity index (χ1) is 15.9. The van der Waals surface area contributed by atoms with Crippen molar-refractivity contribution in [2.75, 3.05) is 5.32 Å². The number of amides is 2. The Labute approximate surface area is 190 Å². The Kier molecular flexibility index (Phi) is 7.85. The normalized spacial score (nSPS) is 10.6. The van der Waals surface area contributed by atoms with E-state index in [4.69, 9.17) is 4.74 Å². The zero-order chi connectivity index (χ0) is 23.6. The molecule has 0 unspecified atom stereocenters. The van der Waals surface area contributed by atoms with Crippen molar-refractivity contribution in [1.82, 2.24) is 5.43 Å². The van der Waals surface area contributed by atoms with Crippen LogP contribution in [-0.4, -0.2) is 23.0 Å². The highest BCUT2D eigenvalue weighted by Crippen LogP contribution is 2.28. The molecule has 0 heterocycles. The van der Waals surface area contributed by atoms with Crippen LogP contribution in [-0.2, 0) is 16.2 Å². The Morgan fingerprint density at radius 3 is 2.48 bits per heavy atom. The SMILES string of the molecule is Cc1ccccc1NC(=O)CC(=O)NN=Cc1ccc(OCc2ccccc2)c([N+](=O)[O-])c1. The zero-order valence-corrected chi connectivity index (χ0v) is 17.9.